The Kier molecular flexibility index (Phi) is 7.91. The summed E-state index contributed by atoms with van der Waals surface area (Å²) in [6.07, 6.45) is -7.26. The zero-order chi connectivity index (χ0) is 25.6. The first-order valence-corrected chi connectivity index (χ1v) is 13.0. The number of ether oxygens (including phenoxy) is 1. The van der Waals surface area contributed by atoms with Crippen LogP contribution in [-0.4, -0.2) is 57.7 Å². The van der Waals surface area contributed by atoms with Crippen molar-refractivity contribution in [1.82, 2.24) is 9.55 Å². The van der Waals surface area contributed by atoms with Gasteiger partial charge in [0.25, 0.3) is 5.60 Å². The Morgan fingerprint density at radius 1 is 1.15 bits per heavy atom. The Labute approximate surface area is 190 Å². The summed E-state index contributed by atoms with van der Waals surface area (Å²) in [5.74, 6) is -3.21. The Morgan fingerprint density at radius 2 is 1.73 bits per heavy atom. The van der Waals surface area contributed by atoms with Crippen LogP contribution in [0.1, 0.15) is 6.23 Å². The highest BCUT2D eigenvalue weighted by Gasteiger charge is 2.68. The molecule has 0 aliphatic carbocycles. The number of hydrogen-bond donors (Lipinski definition) is 7. The molecule has 0 bridgehead atoms. The zero-order valence-corrected chi connectivity index (χ0v) is 19.5. The van der Waals surface area contributed by atoms with E-state index in [1.54, 1.807) is 0 Å². The summed E-state index contributed by atoms with van der Waals surface area (Å²) in [6.45, 7) is -1.58. The SMILES string of the molecule is O=P(O)(O)OP(=O)(O)OP(=O)(O)OCC1=C(O)C(O)(C(F)(F)F)[C@H](n2ccc(=S)[nH]c2=S)O1. The van der Waals surface area contributed by atoms with Gasteiger partial charge in [-0.15, -0.1) is 0 Å². The molecule has 23 heteroatoms. The standard InChI is InChI=1S/C10H12F3N2O13P3S2/c11-10(12,13)9(17)6(16)4(26-7(9)15-2-1-5(32)14-8(15)33)3-25-30(21,22)28-31(23,24)27-29(18,19)20/h1-2,7,16-17H,3H2,(H,21,22)(H,23,24)(H,14,32,33)(H2,18,19,20)/t7-,9?/m1/s1. The quantitative estimate of drug-likeness (QED) is 0.172. The van der Waals surface area contributed by atoms with Gasteiger partial charge in [0, 0.05) is 6.20 Å². The molecule has 2 rings (SSSR count). The van der Waals surface area contributed by atoms with E-state index in [2.05, 4.69) is 18.1 Å². The maximum Gasteiger partial charge on any atom is 0.490 e. The number of hydrogen-bond acceptors (Lipinski definition) is 11. The van der Waals surface area contributed by atoms with Gasteiger partial charge in [0.15, 0.2) is 16.3 Å². The number of nitrogens with zero attached hydrogens (tertiary/aromatic N) is 1. The Hall–Kier alpha value is -0.980. The van der Waals surface area contributed by atoms with Crippen molar-refractivity contribution < 1.29 is 74.5 Å². The van der Waals surface area contributed by atoms with E-state index in [1.165, 1.54) is 0 Å². The molecule has 1 aromatic heterocycles. The van der Waals surface area contributed by atoms with Crippen LogP contribution in [0.5, 0.6) is 0 Å². The van der Waals surface area contributed by atoms with Crippen LogP contribution in [0.25, 0.3) is 0 Å². The number of nitrogens with one attached hydrogen (secondary N) is 1. The van der Waals surface area contributed by atoms with Crippen molar-refractivity contribution in [3.05, 3.63) is 33.2 Å². The molecule has 7 N–H and O–H groups in total. The molecule has 0 saturated heterocycles. The Morgan fingerprint density at radius 3 is 2.21 bits per heavy atom. The van der Waals surface area contributed by atoms with Gasteiger partial charge in [-0.2, -0.15) is 21.8 Å². The van der Waals surface area contributed by atoms with E-state index in [9.17, 15) is 42.0 Å². The fourth-order valence-corrected chi connectivity index (χ4v) is 5.76. The zero-order valence-electron chi connectivity index (χ0n) is 15.2. The van der Waals surface area contributed by atoms with Crippen molar-refractivity contribution in [2.45, 2.75) is 18.0 Å². The summed E-state index contributed by atoms with van der Waals surface area (Å²) in [7, 11) is -17.4. The predicted molar refractivity (Wildman–Crippen MR) is 101 cm³/mol. The number of aromatic amines is 1. The van der Waals surface area contributed by atoms with E-state index in [4.69, 9.17) is 43.9 Å². The minimum absolute atomic E-state index is 0.00476. The van der Waals surface area contributed by atoms with Gasteiger partial charge in [0.2, 0.25) is 6.23 Å². The summed E-state index contributed by atoms with van der Waals surface area (Å²) in [5, 5.41) is 20.2. The van der Waals surface area contributed by atoms with Gasteiger partial charge >= 0.3 is 29.6 Å². The van der Waals surface area contributed by atoms with Gasteiger partial charge in [0.05, 0.1) is 0 Å². The van der Waals surface area contributed by atoms with Crippen molar-refractivity contribution in [2.75, 3.05) is 6.61 Å². The molecule has 1 aromatic rings. The average Bonchev–Trinajstić information content (AvgIpc) is 2.82. The number of alkyl halides is 3. The third-order valence-corrected chi connectivity index (χ3v) is 7.88. The first kappa shape index (κ1) is 28.3. The topological polar surface area (TPSA) is 230 Å². The van der Waals surface area contributed by atoms with E-state index in [0.717, 1.165) is 12.3 Å². The highest BCUT2D eigenvalue weighted by molar-refractivity contribution is 7.72. The van der Waals surface area contributed by atoms with Gasteiger partial charge in [-0.05, 0) is 18.3 Å². The summed E-state index contributed by atoms with van der Waals surface area (Å²) >= 11 is 9.57. The van der Waals surface area contributed by atoms with Crippen LogP contribution in [0.2, 0.25) is 0 Å². The van der Waals surface area contributed by atoms with Gasteiger partial charge < -0.3 is 39.5 Å². The second kappa shape index (κ2) is 9.23. The average molecular weight is 582 g/mol. The largest absolute Gasteiger partial charge is 0.506 e. The predicted octanol–water partition coefficient (Wildman–Crippen LogP) is 2.21. The minimum Gasteiger partial charge on any atom is -0.506 e. The van der Waals surface area contributed by atoms with Crippen LogP contribution in [0.3, 0.4) is 0 Å². The third kappa shape index (κ3) is 6.58. The van der Waals surface area contributed by atoms with E-state index in [0.29, 0.717) is 4.57 Å². The molecular weight excluding hydrogens is 570 g/mol. The van der Waals surface area contributed by atoms with Gasteiger partial charge in [-0.3, -0.25) is 9.09 Å². The second-order valence-electron chi connectivity index (χ2n) is 5.89. The third-order valence-electron chi connectivity index (χ3n) is 3.55. The lowest BCUT2D eigenvalue weighted by atomic mass is 9.99. The number of H-pyrrole nitrogens is 1. The van der Waals surface area contributed by atoms with Crippen molar-refractivity contribution in [1.29, 1.82) is 0 Å². The van der Waals surface area contributed by atoms with Crippen LogP contribution >= 0.6 is 47.9 Å². The van der Waals surface area contributed by atoms with Crippen molar-refractivity contribution in [3.8, 4) is 0 Å². The number of rotatable bonds is 8. The molecule has 0 saturated carbocycles. The fraction of sp³-hybridized carbons (Fsp3) is 0.400. The maximum absolute atomic E-state index is 13.6. The first-order valence-electron chi connectivity index (χ1n) is 7.67. The Bertz CT molecular complexity index is 1230. The smallest absolute Gasteiger partial charge is 0.490 e. The molecule has 3 unspecified atom stereocenters. The summed E-state index contributed by atoms with van der Waals surface area (Å²) < 4.78 is 90.3. The molecule has 188 valence electrons. The van der Waals surface area contributed by atoms with Crippen molar-refractivity contribution >= 4 is 47.9 Å². The molecule has 33 heavy (non-hydrogen) atoms. The van der Waals surface area contributed by atoms with E-state index in [1.807, 2.05) is 0 Å². The first-order chi connectivity index (χ1) is 14.7. The van der Waals surface area contributed by atoms with Crippen LogP contribution in [0.15, 0.2) is 23.8 Å². The number of aliphatic hydroxyl groups excluding tert-OH is 1. The lowest BCUT2D eigenvalue weighted by Crippen LogP contribution is -2.51. The minimum atomic E-state index is -5.92. The monoisotopic (exact) mass is 582 g/mol. The summed E-state index contributed by atoms with van der Waals surface area (Å²) in [5.41, 5.74) is -4.16. The number of aliphatic hydroxyl groups is 2. The molecule has 0 radical (unpaired) electrons. The van der Waals surface area contributed by atoms with Crippen LogP contribution in [-0.2, 0) is 31.6 Å². The van der Waals surface area contributed by atoms with E-state index in [-0.39, 0.29) is 4.64 Å². The lowest BCUT2D eigenvalue weighted by Gasteiger charge is -2.31. The van der Waals surface area contributed by atoms with Gasteiger partial charge in [-0.1, -0.05) is 12.2 Å². The molecule has 0 aromatic carbocycles. The molecule has 4 atom stereocenters. The van der Waals surface area contributed by atoms with E-state index < -0.39 is 64.4 Å². The van der Waals surface area contributed by atoms with Crippen molar-refractivity contribution in [3.63, 3.8) is 0 Å². The summed E-state index contributed by atoms with van der Waals surface area (Å²) in [6, 6.07) is 1.06. The summed E-state index contributed by atoms with van der Waals surface area (Å²) in [4.78, 5) is 37.7. The maximum atomic E-state index is 13.6. The molecule has 0 spiro atoms. The Balaban J connectivity index is 2.34. The fourth-order valence-electron chi connectivity index (χ4n) is 2.30. The second-order valence-corrected chi connectivity index (χ2v) is 11.1. The highest BCUT2D eigenvalue weighted by atomic mass is 32.1. The molecule has 1 aliphatic rings. The number of halogens is 3. The van der Waals surface area contributed by atoms with Crippen LogP contribution < -0.4 is 0 Å². The molecular formula is C10H12F3N2O13P3S2. The number of phosphoric acid groups is 3. The van der Waals surface area contributed by atoms with Crippen LogP contribution in [0.4, 0.5) is 13.2 Å². The lowest BCUT2D eigenvalue weighted by molar-refractivity contribution is -0.286. The van der Waals surface area contributed by atoms with Gasteiger partial charge in [-0.25, -0.2) is 13.7 Å². The molecule has 15 nitrogen and oxygen atoms in total. The molecule has 2 heterocycles. The molecule has 0 fully saturated rings. The van der Waals surface area contributed by atoms with E-state index >= 15 is 0 Å². The van der Waals surface area contributed by atoms with Crippen LogP contribution in [0, 0.1) is 9.41 Å². The normalized spacial score (nSPS) is 25.4. The number of aromatic nitrogens is 2. The van der Waals surface area contributed by atoms with Crippen molar-refractivity contribution in [2.24, 2.45) is 0 Å². The molecule has 1 aliphatic heterocycles. The molecule has 0 amide bonds. The number of phosphoric ester groups is 1. The highest BCUT2D eigenvalue weighted by Crippen LogP contribution is 2.66. The van der Waals surface area contributed by atoms with Gasteiger partial charge in [0.1, 0.15) is 11.2 Å².